The number of pyridine rings is 1. The van der Waals surface area contributed by atoms with Crippen molar-refractivity contribution in [2.45, 2.75) is 20.8 Å². The number of nitrogens with zero attached hydrogens (tertiary/aromatic N) is 2. The van der Waals surface area contributed by atoms with Crippen LogP contribution in [0.2, 0.25) is 5.02 Å². The van der Waals surface area contributed by atoms with Crippen molar-refractivity contribution in [2.24, 2.45) is 0 Å². The number of hydrogen-bond donors (Lipinski definition) is 2. The van der Waals surface area contributed by atoms with Crippen LogP contribution in [0.3, 0.4) is 0 Å². The Morgan fingerprint density at radius 1 is 1.05 bits per heavy atom. The molecule has 3 aromatic carbocycles. The van der Waals surface area contributed by atoms with Crippen molar-refractivity contribution in [2.75, 3.05) is 22.5 Å². The molecule has 0 saturated heterocycles. The maximum atomic E-state index is 13.9. The Kier molecular flexibility index (Phi) is 7.92. The van der Waals surface area contributed by atoms with E-state index in [0.717, 1.165) is 22.4 Å². The second-order valence-electron chi connectivity index (χ2n) is 9.79. The molecule has 0 bridgehead atoms. The summed E-state index contributed by atoms with van der Waals surface area (Å²) in [6, 6.07) is 22.4. The number of para-hydroxylation sites is 1. The molecule has 206 valence electrons. The number of carbonyl (C=O) groups is 2. The third-order valence-corrected chi connectivity index (χ3v) is 8.21. The molecule has 2 aromatic heterocycles. The Morgan fingerprint density at radius 2 is 1.76 bits per heavy atom. The topological polar surface area (TPSA) is 88.3 Å². The lowest BCUT2D eigenvalue weighted by molar-refractivity contribution is 0.0992. The average molecular weight is 581 g/mol. The van der Waals surface area contributed by atoms with Gasteiger partial charge in [-0.1, -0.05) is 65.7 Å². The van der Waals surface area contributed by atoms with Crippen LogP contribution in [-0.2, 0) is 0 Å². The molecule has 2 heterocycles. The number of nitrogens with two attached hydrogens (primary N) is 1. The zero-order valence-electron chi connectivity index (χ0n) is 23.0. The predicted molar refractivity (Wildman–Crippen MR) is 171 cm³/mol. The van der Waals surface area contributed by atoms with Gasteiger partial charge in [-0.15, -0.1) is 17.9 Å². The lowest BCUT2D eigenvalue weighted by Gasteiger charge is -2.21. The Hall–Kier alpha value is -4.46. The summed E-state index contributed by atoms with van der Waals surface area (Å²) in [6.07, 6.45) is 1.67. The van der Waals surface area contributed by atoms with E-state index in [0.29, 0.717) is 49.2 Å². The molecule has 0 aliphatic rings. The van der Waals surface area contributed by atoms with Crippen LogP contribution in [0.5, 0.6) is 0 Å². The Balaban J connectivity index is 1.71. The molecule has 0 fully saturated rings. The number of nitrogen functional groups attached to an aromatic ring is 1. The van der Waals surface area contributed by atoms with Gasteiger partial charge in [0.2, 0.25) is 0 Å². The van der Waals surface area contributed by atoms with Gasteiger partial charge >= 0.3 is 0 Å². The molecule has 0 spiro atoms. The molecule has 5 rings (SSSR count). The summed E-state index contributed by atoms with van der Waals surface area (Å²) in [5.41, 5.74) is 12.8. The summed E-state index contributed by atoms with van der Waals surface area (Å²) in [5, 5.41) is 4.18. The van der Waals surface area contributed by atoms with Gasteiger partial charge in [-0.3, -0.25) is 9.59 Å². The van der Waals surface area contributed by atoms with Crippen LogP contribution in [0, 0.1) is 20.8 Å². The zero-order chi connectivity index (χ0) is 29.3. The highest BCUT2D eigenvalue weighted by molar-refractivity contribution is 7.21. The zero-order valence-corrected chi connectivity index (χ0v) is 24.6. The fourth-order valence-electron chi connectivity index (χ4n) is 4.91. The van der Waals surface area contributed by atoms with E-state index in [4.69, 9.17) is 22.3 Å². The van der Waals surface area contributed by atoms with Gasteiger partial charge in [-0.25, -0.2) is 4.98 Å². The van der Waals surface area contributed by atoms with Crippen molar-refractivity contribution in [1.29, 1.82) is 0 Å². The molecule has 5 aromatic rings. The Labute approximate surface area is 248 Å². The van der Waals surface area contributed by atoms with Crippen molar-refractivity contribution >= 4 is 62.0 Å². The second kappa shape index (κ2) is 11.6. The molecule has 3 N–H and O–H groups in total. The first-order valence-electron chi connectivity index (χ1n) is 13.0. The van der Waals surface area contributed by atoms with Gasteiger partial charge in [0.15, 0.2) is 0 Å². The van der Waals surface area contributed by atoms with Crippen LogP contribution >= 0.6 is 22.9 Å². The third kappa shape index (κ3) is 5.46. The molecule has 2 amide bonds. The number of fused-ring (bicyclic) bond motifs is 1. The molecule has 41 heavy (non-hydrogen) atoms. The number of aromatic nitrogens is 1. The summed E-state index contributed by atoms with van der Waals surface area (Å²) in [4.78, 5) is 35.1. The van der Waals surface area contributed by atoms with Crippen LogP contribution in [0.4, 0.5) is 17.1 Å². The first-order valence-corrected chi connectivity index (χ1v) is 14.2. The van der Waals surface area contributed by atoms with Gasteiger partial charge in [0.25, 0.3) is 11.8 Å². The number of amides is 2. The maximum Gasteiger partial charge on any atom is 0.270 e. The number of aryl methyl sites for hydroxylation is 3. The molecule has 0 radical (unpaired) electrons. The number of benzene rings is 3. The minimum absolute atomic E-state index is 0.266. The molecule has 0 saturated carbocycles. The highest BCUT2D eigenvalue weighted by Gasteiger charge is 2.29. The van der Waals surface area contributed by atoms with E-state index in [1.807, 2.05) is 74.5 Å². The smallest absolute Gasteiger partial charge is 0.270 e. The SMILES string of the molecule is C=CCN(C(=O)c1sc2nc(C)c(C(=O)Nc3ccc(C)cc3C)c(-c3ccc(Cl)cc3)c2c1N)c1ccccc1. The van der Waals surface area contributed by atoms with Gasteiger partial charge < -0.3 is 16.0 Å². The average Bonchev–Trinajstić information content (AvgIpc) is 3.28. The fourth-order valence-corrected chi connectivity index (χ4v) is 6.14. The van der Waals surface area contributed by atoms with E-state index in [-0.39, 0.29) is 17.5 Å². The van der Waals surface area contributed by atoms with E-state index < -0.39 is 0 Å². The Bertz CT molecular complexity index is 1800. The monoisotopic (exact) mass is 580 g/mol. The van der Waals surface area contributed by atoms with Crippen LogP contribution in [-0.4, -0.2) is 23.3 Å². The highest BCUT2D eigenvalue weighted by Crippen LogP contribution is 2.43. The minimum Gasteiger partial charge on any atom is -0.397 e. The standard InChI is InChI=1S/C33H29ClN4O2S/c1-5-17-38(24-9-7-6-8-10-24)33(40)30-29(35)28-27(22-12-14-23(34)15-13-22)26(21(4)36-32(28)41-30)31(39)37-25-16-11-19(2)18-20(25)3/h5-16,18H,1,17,35H2,2-4H3,(H,37,39). The summed E-state index contributed by atoms with van der Waals surface area (Å²) >= 11 is 7.43. The van der Waals surface area contributed by atoms with E-state index in [1.54, 1.807) is 30.0 Å². The van der Waals surface area contributed by atoms with Crippen molar-refractivity contribution in [1.82, 2.24) is 4.98 Å². The number of thiophene rings is 1. The number of nitrogens with one attached hydrogen (secondary N) is 1. The molecule has 0 atom stereocenters. The molecular formula is C33H29ClN4O2S. The van der Waals surface area contributed by atoms with Gasteiger partial charge in [0, 0.05) is 33.9 Å². The molecule has 0 aliphatic heterocycles. The first-order chi connectivity index (χ1) is 19.7. The lowest BCUT2D eigenvalue weighted by Crippen LogP contribution is -2.30. The number of rotatable bonds is 7. The predicted octanol–water partition coefficient (Wildman–Crippen LogP) is 8.21. The maximum absolute atomic E-state index is 13.9. The number of halogens is 1. The lowest BCUT2D eigenvalue weighted by atomic mass is 9.94. The molecule has 8 heteroatoms. The summed E-state index contributed by atoms with van der Waals surface area (Å²) in [7, 11) is 0. The van der Waals surface area contributed by atoms with Crippen molar-refractivity contribution in [3.05, 3.63) is 118 Å². The second-order valence-corrected chi connectivity index (χ2v) is 11.2. The molecular weight excluding hydrogens is 552 g/mol. The minimum atomic E-state index is -0.315. The van der Waals surface area contributed by atoms with E-state index in [9.17, 15) is 9.59 Å². The summed E-state index contributed by atoms with van der Waals surface area (Å²) in [6.45, 7) is 9.88. The molecule has 0 aliphatic carbocycles. The number of carbonyl (C=O) groups excluding carboxylic acids is 2. The van der Waals surface area contributed by atoms with Crippen molar-refractivity contribution in [3.63, 3.8) is 0 Å². The third-order valence-electron chi connectivity index (χ3n) is 6.87. The van der Waals surface area contributed by atoms with E-state index >= 15 is 0 Å². The van der Waals surface area contributed by atoms with Gasteiger partial charge in [-0.05, 0) is 62.2 Å². The molecule has 6 nitrogen and oxygen atoms in total. The Morgan fingerprint density at radius 3 is 2.41 bits per heavy atom. The van der Waals surface area contributed by atoms with E-state index in [1.165, 1.54) is 11.3 Å². The fraction of sp³-hybridized carbons (Fsp3) is 0.121. The number of anilines is 3. The van der Waals surface area contributed by atoms with Crippen LogP contribution in [0.1, 0.15) is 36.9 Å². The van der Waals surface area contributed by atoms with Gasteiger partial charge in [-0.2, -0.15) is 0 Å². The quantitative estimate of drug-likeness (QED) is 0.190. The van der Waals surface area contributed by atoms with Crippen LogP contribution in [0.15, 0.2) is 85.5 Å². The normalized spacial score (nSPS) is 10.9. The summed E-state index contributed by atoms with van der Waals surface area (Å²) in [5.74, 6) is -0.581. The summed E-state index contributed by atoms with van der Waals surface area (Å²) < 4.78 is 0. The molecule has 0 unspecified atom stereocenters. The number of hydrogen-bond acceptors (Lipinski definition) is 5. The van der Waals surface area contributed by atoms with Crippen molar-refractivity contribution in [3.8, 4) is 11.1 Å². The van der Waals surface area contributed by atoms with Crippen molar-refractivity contribution < 1.29 is 9.59 Å². The van der Waals surface area contributed by atoms with Gasteiger partial charge in [0.1, 0.15) is 9.71 Å². The van der Waals surface area contributed by atoms with Crippen LogP contribution < -0.4 is 16.0 Å². The van der Waals surface area contributed by atoms with Gasteiger partial charge in [0.05, 0.1) is 16.9 Å². The first kappa shape index (κ1) is 28.1. The van der Waals surface area contributed by atoms with Crippen LogP contribution in [0.25, 0.3) is 21.3 Å². The van der Waals surface area contributed by atoms with E-state index in [2.05, 4.69) is 11.9 Å². The largest absolute Gasteiger partial charge is 0.397 e. The highest BCUT2D eigenvalue weighted by atomic mass is 35.5.